The lowest BCUT2D eigenvalue weighted by Gasteiger charge is -2.02. The summed E-state index contributed by atoms with van der Waals surface area (Å²) in [5.41, 5.74) is 4.56. The van der Waals surface area contributed by atoms with E-state index >= 15 is 0 Å². The first kappa shape index (κ1) is 9.97. The number of aromatic amines is 1. The summed E-state index contributed by atoms with van der Waals surface area (Å²) in [6.07, 6.45) is 3.63. The Bertz CT molecular complexity index is 603. The van der Waals surface area contributed by atoms with E-state index < -0.39 is 0 Å². The average molecular weight is 223 g/mol. The van der Waals surface area contributed by atoms with Crippen molar-refractivity contribution in [3.05, 3.63) is 60.5 Å². The topological polar surface area (TPSA) is 28.9 Å². The largest absolute Gasteiger partial charge is 0.462 e. The first-order valence-corrected chi connectivity index (χ1v) is 5.63. The maximum Gasteiger partial charge on any atom is 0.157 e. The van der Waals surface area contributed by atoms with E-state index in [1.807, 2.05) is 24.4 Å². The fraction of sp³-hybridized carbons (Fsp3) is 0.0667. The standard InChI is InChI=1S/C15H13NO/c1-11-4-6-12(7-5-11)13-8-10-17-15(13)14-3-2-9-16-14/h2-10,16H,1H3. The van der Waals surface area contributed by atoms with Crippen LogP contribution < -0.4 is 0 Å². The van der Waals surface area contributed by atoms with Gasteiger partial charge >= 0.3 is 0 Å². The molecule has 2 nitrogen and oxygen atoms in total. The van der Waals surface area contributed by atoms with Crippen LogP contribution in [0.3, 0.4) is 0 Å². The molecule has 0 aliphatic heterocycles. The summed E-state index contributed by atoms with van der Waals surface area (Å²) in [7, 11) is 0. The Morgan fingerprint density at radius 1 is 1.00 bits per heavy atom. The predicted molar refractivity (Wildman–Crippen MR) is 68.7 cm³/mol. The molecule has 2 heteroatoms. The molecule has 0 aliphatic rings. The van der Waals surface area contributed by atoms with Crippen molar-refractivity contribution in [3.63, 3.8) is 0 Å². The van der Waals surface area contributed by atoms with Crippen LogP contribution in [-0.4, -0.2) is 4.98 Å². The fourth-order valence-electron chi connectivity index (χ4n) is 1.95. The van der Waals surface area contributed by atoms with E-state index in [2.05, 4.69) is 36.2 Å². The molecule has 2 aromatic heterocycles. The van der Waals surface area contributed by atoms with Crippen molar-refractivity contribution < 1.29 is 4.42 Å². The van der Waals surface area contributed by atoms with Gasteiger partial charge in [0.2, 0.25) is 0 Å². The molecule has 0 spiro atoms. The fourth-order valence-corrected chi connectivity index (χ4v) is 1.95. The average Bonchev–Trinajstić information content (AvgIpc) is 3.00. The van der Waals surface area contributed by atoms with Crippen LogP contribution in [0.2, 0.25) is 0 Å². The molecule has 84 valence electrons. The maximum absolute atomic E-state index is 5.56. The number of benzene rings is 1. The van der Waals surface area contributed by atoms with Crippen molar-refractivity contribution in [1.82, 2.24) is 4.98 Å². The van der Waals surface area contributed by atoms with Gasteiger partial charge in [-0.25, -0.2) is 0 Å². The predicted octanol–water partition coefficient (Wildman–Crippen LogP) is 4.25. The first-order valence-electron chi connectivity index (χ1n) is 5.63. The van der Waals surface area contributed by atoms with Crippen LogP contribution in [0, 0.1) is 6.92 Å². The number of hydrogen-bond acceptors (Lipinski definition) is 1. The number of H-pyrrole nitrogens is 1. The summed E-state index contributed by atoms with van der Waals surface area (Å²) < 4.78 is 5.56. The molecule has 0 unspecified atom stereocenters. The summed E-state index contributed by atoms with van der Waals surface area (Å²) >= 11 is 0. The monoisotopic (exact) mass is 223 g/mol. The Morgan fingerprint density at radius 2 is 1.82 bits per heavy atom. The minimum absolute atomic E-state index is 0.888. The highest BCUT2D eigenvalue weighted by molar-refractivity contribution is 5.78. The van der Waals surface area contributed by atoms with E-state index in [0.717, 1.165) is 17.0 Å². The molecule has 3 aromatic rings. The van der Waals surface area contributed by atoms with Gasteiger partial charge in [-0.2, -0.15) is 0 Å². The van der Waals surface area contributed by atoms with Crippen molar-refractivity contribution in [3.8, 4) is 22.6 Å². The van der Waals surface area contributed by atoms with E-state index in [1.165, 1.54) is 11.1 Å². The molecule has 2 heterocycles. The normalized spacial score (nSPS) is 10.6. The van der Waals surface area contributed by atoms with Crippen LogP contribution in [0.25, 0.3) is 22.6 Å². The second-order valence-corrected chi connectivity index (χ2v) is 4.11. The molecular weight excluding hydrogens is 210 g/mol. The second kappa shape index (κ2) is 3.98. The zero-order valence-corrected chi connectivity index (χ0v) is 9.60. The van der Waals surface area contributed by atoms with Gasteiger partial charge < -0.3 is 9.40 Å². The minimum Gasteiger partial charge on any atom is -0.462 e. The third kappa shape index (κ3) is 1.78. The van der Waals surface area contributed by atoms with Crippen molar-refractivity contribution in [2.45, 2.75) is 6.92 Å². The van der Waals surface area contributed by atoms with Crippen LogP contribution in [0.1, 0.15) is 5.56 Å². The lowest BCUT2D eigenvalue weighted by Crippen LogP contribution is -1.80. The lowest BCUT2D eigenvalue weighted by atomic mass is 10.0. The number of hydrogen-bond donors (Lipinski definition) is 1. The molecule has 3 rings (SSSR count). The molecule has 0 saturated carbocycles. The summed E-state index contributed by atoms with van der Waals surface area (Å²) in [6, 6.07) is 14.4. The molecule has 0 atom stereocenters. The van der Waals surface area contributed by atoms with Gasteiger partial charge in [0.15, 0.2) is 5.76 Å². The van der Waals surface area contributed by atoms with E-state index in [1.54, 1.807) is 6.26 Å². The van der Waals surface area contributed by atoms with Gasteiger partial charge in [-0.05, 0) is 30.7 Å². The molecular formula is C15H13NO. The molecule has 0 saturated heterocycles. The Kier molecular flexibility index (Phi) is 2.33. The van der Waals surface area contributed by atoms with Gasteiger partial charge in [-0.15, -0.1) is 0 Å². The summed E-state index contributed by atoms with van der Waals surface area (Å²) in [5.74, 6) is 0.888. The van der Waals surface area contributed by atoms with Crippen LogP contribution in [-0.2, 0) is 0 Å². The Hall–Kier alpha value is -2.22. The Balaban J connectivity index is 2.10. The van der Waals surface area contributed by atoms with Gasteiger partial charge in [0, 0.05) is 11.8 Å². The third-order valence-corrected chi connectivity index (χ3v) is 2.87. The van der Waals surface area contributed by atoms with E-state index in [-0.39, 0.29) is 0 Å². The van der Waals surface area contributed by atoms with Crippen molar-refractivity contribution >= 4 is 0 Å². The summed E-state index contributed by atoms with van der Waals surface area (Å²) in [4.78, 5) is 3.17. The highest BCUT2D eigenvalue weighted by atomic mass is 16.3. The molecule has 0 aliphatic carbocycles. The van der Waals surface area contributed by atoms with E-state index in [9.17, 15) is 0 Å². The second-order valence-electron chi connectivity index (χ2n) is 4.11. The summed E-state index contributed by atoms with van der Waals surface area (Å²) in [5, 5.41) is 0. The number of furan rings is 1. The maximum atomic E-state index is 5.56. The first-order chi connectivity index (χ1) is 8.34. The molecule has 0 radical (unpaired) electrons. The van der Waals surface area contributed by atoms with Crippen molar-refractivity contribution in [2.24, 2.45) is 0 Å². The molecule has 1 N–H and O–H groups in total. The molecule has 0 amide bonds. The van der Waals surface area contributed by atoms with Gasteiger partial charge in [0.05, 0.1) is 12.0 Å². The van der Waals surface area contributed by atoms with Gasteiger partial charge in [0.1, 0.15) is 0 Å². The van der Waals surface area contributed by atoms with Crippen molar-refractivity contribution in [2.75, 3.05) is 0 Å². The third-order valence-electron chi connectivity index (χ3n) is 2.87. The summed E-state index contributed by atoms with van der Waals surface area (Å²) in [6.45, 7) is 2.09. The van der Waals surface area contributed by atoms with Crippen LogP contribution in [0.4, 0.5) is 0 Å². The van der Waals surface area contributed by atoms with Gasteiger partial charge in [-0.1, -0.05) is 29.8 Å². The quantitative estimate of drug-likeness (QED) is 0.691. The number of nitrogens with one attached hydrogen (secondary N) is 1. The Labute approximate surface area is 99.9 Å². The van der Waals surface area contributed by atoms with Crippen LogP contribution in [0.15, 0.2) is 59.3 Å². The number of aromatic nitrogens is 1. The Morgan fingerprint density at radius 3 is 2.53 bits per heavy atom. The van der Waals surface area contributed by atoms with Crippen molar-refractivity contribution in [1.29, 1.82) is 0 Å². The zero-order valence-electron chi connectivity index (χ0n) is 9.60. The zero-order chi connectivity index (χ0) is 11.7. The molecule has 0 bridgehead atoms. The lowest BCUT2D eigenvalue weighted by molar-refractivity contribution is 0.581. The highest BCUT2D eigenvalue weighted by Crippen LogP contribution is 2.32. The van der Waals surface area contributed by atoms with Gasteiger partial charge in [0.25, 0.3) is 0 Å². The number of rotatable bonds is 2. The minimum atomic E-state index is 0.888. The molecule has 0 fully saturated rings. The van der Waals surface area contributed by atoms with Crippen LogP contribution in [0.5, 0.6) is 0 Å². The van der Waals surface area contributed by atoms with Gasteiger partial charge in [-0.3, -0.25) is 0 Å². The number of aryl methyl sites for hydroxylation is 1. The smallest absolute Gasteiger partial charge is 0.157 e. The molecule has 17 heavy (non-hydrogen) atoms. The molecule has 1 aromatic carbocycles. The van der Waals surface area contributed by atoms with E-state index in [4.69, 9.17) is 4.42 Å². The highest BCUT2D eigenvalue weighted by Gasteiger charge is 2.10. The SMILES string of the molecule is Cc1ccc(-c2ccoc2-c2ccc[nH]2)cc1. The van der Waals surface area contributed by atoms with E-state index in [0.29, 0.717) is 0 Å². The van der Waals surface area contributed by atoms with Crippen LogP contribution >= 0.6 is 0 Å².